The zero-order valence-corrected chi connectivity index (χ0v) is 41.8. The number of aromatic nitrogens is 1. The highest BCUT2D eigenvalue weighted by atomic mass is 15.2. The number of hydrogen-bond acceptors (Lipinski definition) is 1. The van der Waals surface area contributed by atoms with Gasteiger partial charge in [0.15, 0.2) is 7.28 Å². The Morgan fingerprint density at radius 1 is 0.463 bits per heavy atom. The van der Waals surface area contributed by atoms with Crippen LogP contribution < -0.4 is 10.4 Å². The largest absolute Gasteiger partial charge is 0.354 e. The van der Waals surface area contributed by atoms with E-state index in [1.54, 1.807) is 0 Å². The molecule has 0 saturated heterocycles. The van der Waals surface area contributed by atoms with E-state index in [1.807, 2.05) is 0 Å². The minimum absolute atomic E-state index is 0.0620. The van der Waals surface area contributed by atoms with Crippen LogP contribution in [0.1, 0.15) is 153 Å². The average molecular weight is 872 g/mol. The fraction of sp³-hybridized carbons (Fsp3) is 0.344. The number of rotatable bonds is 2. The molecule has 0 atom stereocenters. The van der Waals surface area contributed by atoms with Crippen molar-refractivity contribution >= 4 is 62.4 Å². The molecule has 8 aromatic rings. The number of nitrogens with zero attached hydrogens (tertiary/aromatic N) is 1. The van der Waals surface area contributed by atoms with Crippen LogP contribution in [0, 0.1) is 0 Å². The van der Waals surface area contributed by atoms with E-state index in [4.69, 9.17) is 0 Å². The van der Waals surface area contributed by atoms with E-state index in [9.17, 15) is 0 Å². The molecule has 4 aliphatic carbocycles. The summed E-state index contributed by atoms with van der Waals surface area (Å²) >= 11 is 0. The molecule has 1 aromatic heterocycles. The van der Waals surface area contributed by atoms with Gasteiger partial charge in [0.25, 0.3) is 0 Å². The first kappa shape index (κ1) is 41.4. The van der Waals surface area contributed by atoms with Crippen LogP contribution in [0.2, 0.25) is 0 Å². The van der Waals surface area contributed by atoms with E-state index in [0.717, 1.165) is 0 Å². The monoisotopic (exact) mass is 872 g/mol. The summed E-state index contributed by atoms with van der Waals surface area (Å²) in [6.07, 6.45) is 4.76. The highest BCUT2D eigenvalue weighted by Gasteiger charge is 2.50. The number of para-hydroxylation sites is 1. The molecule has 67 heavy (non-hydrogen) atoms. The third-order valence-electron chi connectivity index (χ3n) is 18.3. The molecule has 333 valence electrons. The van der Waals surface area contributed by atoms with Gasteiger partial charge in [0, 0.05) is 55.3 Å². The second-order valence-electron chi connectivity index (χ2n) is 25.0. The van der Waals surface area contributed by atoms with Crippen molar-refractivity contribution in [2.75, 3.05) is 4.90 Å². The Labute approximate surface area is 399 Å². The van der Waals surface area contributed by atoms with Gasteiger partial charge in [-0.05, 0) is 150 Å². The molecular formula is C64H64BN2. The Hall–Kier alpha value is -5.80. The van der Waals surface area contributed by atoms with Gasteiger partial charge in [0.05, 0.1) is 5.52 Å². The predicted molar refractivity (Wildman–Crippen MR) is 287 cm³/mol. The SMILES string of the molecule is CC1(C)CCC(C)(C)c2cc(N3C4=C([B]c5c3cc3c(c5-c5cccc6c5[nH]c5cc7ccccc7cc56)C(C)(C)c5ccccc5-3)C(C)(C)c3cc5c(cc34)C(C)(C)CCC5(C)C)ccc21. The van der Waals surface area contributed by atoms with Crippen molar-refractivity contribution in [1.82, 2.24) is 4.98 Å². The van der Waals surface area contributed by atoms with Crippen LogP contribution in [0.5, 0.6) is 0 Å². The fourth-order valence-corrected chi connectivity index (χ4v) is 14.0. The van der Waals surface area contributed by atoms with Gasteiger partial charge in [0.2, 0.25) is 0 Å². The van der Waals surface area contributed by atoms with Gasteiger partial charge >= 0.3 is 0 Å². The summed E-state index contributed by atoms with van der Waals surface area (Å²) in [6, 6.07) is 45.3. The van der Waals surface area contributed by atoms with Gasteiger partial charge < -0.3 is 9.88 Å². The molecule has 0 bridgehead atoms. The van der Waals surface area contributed by atoms with Gasteiger partial charge in [-0.1, -0.05) is 173 Å². The van der Waals surface area contributed by atoms with Crippen LogP contribution in [-0.2, 0) is 32.5 Å². The van der Waals surface area contributed by atoms with Gasteiger partial charge in [0.1, 0.15) is 0 Å². The van der Waals surface area contributed by atoms with Crippen LogP contribution in [0.25, 0.3) is 60.5 Å². The Balaban J connectivity index is 1.16. The molecular weight excluding hydrogens is 808 g/mol. The van der Waals surface area contributed by atoms with E-state index >= 15 is 0 Å². The van der Waals surface area contributed by atoms with E-state index in [0.29, 0.717) is 0 Å². The van der Waals surface area contributed by atoms with Gasteiger partial charge in [-0.15, -0.1) is 0 Å². The number of aromatic amines is 1. The zero-order valence-electron chi connectivity index (χ0n) is 41.8. The Morgan fingerprint density at radius 3 is 1.79 bits per heavy atom. The number of nitrogens with one attached hydrogen (secondary N) is 1. The Kier molecular flexibility index (Phi) is 8.06. The molecule has 0 fully saturated rings. The summed E-state index contributed by atoms with van der Waals surface area (Å²) in [5.74, 6) is 0. The van der Waals surface area contributed by atoms with E-state index in [1.165, 1.54) is 153 Å². The van der Waals surface area contributed by atoms with Crippen molar-refractivity contribution < 1.29 is 0 Å². The van der Waals surface area contributed by atoms with Crippen LogP contribution in [0.4, 0.5) is 11.4 Å². The summed E-state index contributed by atoms with van der Waals surface area (Å²) in [6.45, 7) is 29.7. The van der Waals surface area contributed by atoms with E-state index < -0.39 is 0 Å². The fourth-order valence-electron chi connectivity index (χ4n) is 14.0. The first-order valence-corrected chi connectivity index (χ1v) is 25.2. The van der Waals surface area contributed by atoms with Crippen molar-refractivity contribution in [3.8, 4) is 22.3 Å². The summed E-state index contributed by atoms with van der Waals surface area (Å²) < 4.78 is 0. The molecule has 0 unspecified atom stereocenters. The maximum absolute atomic E-state index is 4.06. The first-order chi connectivity index (χ1) is 31.7. The minimum atomic E-state index is -0.245. The molecule has 2 nitrogen and oxygen atoms in total. The van der Waals surface area contributed by atoms with Crippen LogP contribution >= 0.6 is 0 Å². The van der Waals surface area contributed by atoms with Crippen LogP contribution in [0.3, 0.4) is 0 Å². The average Bonchev–Trinajstić information content (AvgIpc) is 3.85. The third-order valence-corrected chi connectivity index (χ3v) is 18.3. The molecule has 0 spiro atoms. The van der Waals surface area contributed by atoms with Crippen molar-refractivity contribution in [1.29, 1.82) is 0 Å². The molecule has 2 heterocycles. The Bertz CT molecular complexity index is 3560. The molecule has 1 aliphatic heterocycles. The topological polar surface area (TPSA) is 19.0 Å². The van der Waals surface area contributed by atoms with Crippen molar-refractivity contribution in [2.45, 2.75) is 141 Å². The highest BCUT2D eigenvalue weighted by molar-refractivity contribution is 6.68. The van der Waals surface area contributed by atoms with Crippen molar-refractivity contribution in [3.05, 3.63) is 165 Å². The molecule has 0 saturated carbocycles. The molecule has 7 aromatic carbocycles. The lowest BCUT2D eigenvalue weighted by molar-refractivity contribution is 0.331. The van der Waals surface area contributed by atoms with Gasteiger partial charge in [-0.25, -0.2) is 0 Å². The Morgan fingerprint density at radius 2 is 1.07 bits per heavy atom. The number of H-pyrrole nitrogens is 1. The standard InChI is InChI=1S/C64H64BN2/c1-59(2)26-27-60(3,4)48-32-38(24-25-46(48)59)67-52-34-43-39-20-15-16-23-45(39)63(9,10)54(43)53(41-22-17-21-40-42-30-36-18-13-14-19-37(36)31-51(42)66-56(40)41)55(52)65-58-57(67)44-33-49-50(35-47(44)64(58,11)12)62(7,8)29-28-61(49,5)6/h13-25,30-35,66H,26-29H2,1-12H3. The molecule has 1 N–H and O–H groups in total. The van der Waals surface area contributed by atoms with Gasteiger partial charge in [-0.3, -0.25) is 0 Å². The zero-order chi connectivity index (χ0) is 46.5. The smallest absolute Gasteiger partial charge is 0.193 e. The second-order valence-corrected chi connectivity index (χ2v) is 25.0. The number of allylic oxidation sites excluding steroid dienone is 1. The maximum atomic E-state index is 4.06. The quantitative estimate of drug-likeness (QED) is 0.172. The van der Waals surface area contributed by atoms with Crippen LogP contribution in [0.15, 0.2) is 121 Å². The van der Waals surface area contributed by atoms with Crippen molar-refractivity contribution in [3.63, 3.8) is 0 Å². The second kappa shape index (κ2) is 13.0. The molecule has 5 aliphatic rings. The number of fused-ring (bicyclic) bond motifs is 12. The summed E-state index contributed by atoms with van der Waals surface area (Å²) in [7, 11) is 2.66. The van der Waals surface area contributed by atoms with Crippen LogP contribution in [-0.4, -0.2) is 12.3 Å². The number of hydrogen-bond donors (Lipinski definition) is 1. The molecule has 13 rings (SSSR count). The highest BCUT2D eigenvalue weighted by Crippen LogP contribution is 2.60. The summed E-state index contributed by atoms with van der Waals surface area (Å²) in [5.41, 5.74) is 25.9. The lowest BCUT2D eigenvalue weighted by Crippen LogP contribution is -2.39. The number of benzene rings is 7. The third kappa shape index (κ3) is 5.46. The molecule has 1 radical (unpaired) electrons. The summed E-state index contributed by atoms with van der Waals surface area (Å²) in [5, 5.41) is 5.08. The molecule has 0 amide bonds. The predicted octanol–water partition coefficient (Wildman–Crippen LogP) is 16.3. The minimum Gasteiger partial charge on any atom is -0.354 e. The maximum Gasteiger partial charge on any atom is 0.193 e. The normalized spacial score (nSPS) is 20.4. The first-order valence-electron chi connectivity index (χ1n) is 25.2. The van der Waals surface area contributed by atoms with E-state index in [-0.39, 0.29) is 32.5 Å². The van der Waals surface area contributed by atoms with E-state index in [2.05, 4.69) is 216 Å². The summed E-state index contributed by atoms with van der Waals surface area (Å²) in [4.78, 5) is 6.81. The van der Waals surface area contributed by atoms with Gasteiger partial charge in [-0.2, -0.15) is 0 Å². The lowest BCUT2D eigenvalue weighted by Gasteiger charge is -2.44. The van der Waals surface area contributed by atoms with Crippen molar-refractivity contribution in [2.24, 2.45) is 0 Å². The molecule has 3 heteroatoms. The lowest BCUT2D eigenvalue weighted by atomic mass is 9.51. The number of anilines is 2.